The van der Waals surface area contributed by atoms with Gasteiger partial charge in [-0.15, -0.1) is 5.10 Å². The summed E-state index contributed by atoms with van der Waals surface area (Å²) < 4.78 is 24.0. The van der Waals surface area contributed by atoms with Gasteiger partial charge in [0.05, 0.1) is 30.9 Å². The van der Waals surface area contributed by atoms with Gasteiger partial charge in [-0.2, -0.15) is 0 Å². The number of ether oxygens (including phenoxy) is 3. The molecular formula is C29H25N5O6. The number of aromatic nitrogens is 4. The van der Waals surface area contributed by atoms with E-state index in [0.29, 0.717) is 66.2 Å². The smallest absolute Gasteiger partial charge is 0.278 e. The van der Waals surface area contributed by atoms with Crippen LogP contribution in [0.3, 0.4) is 0 Å². The van der Waals surface area contributed by atoms with Crippen LogP contribution in [-0.2, 0) is 15.4 Å². The maximum atomic E-state index is 12.8. The van der Waals surface area contributed by atoms with Gasteiger partial charge in [0.15, 0.2) is 22.6 Å². The van der Waals surface area contributed by atoms with E-state index in [2.05, 4.69) is 25.9 Å². The van der Waals surface area contributed by atoms with Crippen molar-refractivity contribution in [2.45, 2.75) is 18.8 Å². The van der Waals surface area contributed by atoms with Crippen molar-refractivity contribution >= 4 is 22.4 Å². The number of hydrogen-bond donors (Lipinski definition) is 2. The van der Waals surface area contributed by atoms with E-state index in [-0.39, 0.29) is 22.8 Å². The second-order valence-electron chi connectivity index (χ2n) is 9.11. The van der Waals surface area contributed by atoms with Crippen LogP contribution in [0.4, 0.5) is 5.69 Å². The normalized spacial score (nSPS) is 14.3. The molecule has 3 aromatic carbocycles. The molecule has 0 aliphatic carbocycles. The first kappa shape index (κ1) is 25.4. The third-order valence-electron chi connectivity index (χ3n) is 6.47. The van der Waals surface area contributed by atoms with E-state index in [1.807, 2.05) is 54.6 Å². The molecule has 11 heteroatoms. The van der Waals surface area contributed by atoms with E-state index in [4.69, 9.17) is 18.6 Å². The third-order valence-corrected chi connectivity index (χ3v) is 6.47. The quantitative estimate of drug-likeness (QED) is 0.195. The van der Waals surface area contributed by atoms with Crippen LogP contribution in [0.5, 0.6) is 5.75 Å². The number of nitrogens with zero attached hydrogens (tertiary/aromatic N) is 3. The minimum Gasteiger partial charge on any atom is -0.494 e. The number of tetrazole rings is 1. The number of rotatable bonds is 10. The van der Waals surface area contributed by atoms with Gasteiger partial charge in [0, 0.05) is 23.6 Å². The highest BCUT2D eigenvalue weighted by molar-refractivity contribution is 5.96. The van der Waals surface area contributed by atoms with Crippen LogP contribution in [0.15, 0.2) is 88.1 Å². The Hall–Kier alpha value is -4.87. The molecule has 1 aliphatic rings. The van der Waals surface area contributed by atoms with E-state index in [9.17, 15) is 9.59 Å². The Morgan fingerprint density at radius 1 is 1.00 bits per heavy atom. The zero-order chi connectivity index (χ0) is 27.4. The number of nitrogens with one attached hydrogen (secondary N) is 2. The zero-order valence-electron chi connectivity index (χ0n) is 21.3. The van der Waals surface area contributed by atoms with Crippen molar-refractivity contribution in [2.75, 3.05) is 25.1 Å². The molecule has 0 unspecified atom stereocenters. The fourth-order valence-electron chi connectivity index (χ4n) is 4.52. The van der Waals surface area contributed by atoms with Crippen LogP contribution in [0.2, 0.25) is 0 Å². The number of hydrogen-bond acceptors (Lipinski definition) is 10. The Morgan fingerprint density at radius 3 is 2.55 bits per heavy atom. The summed E-state index contributed by atoms with van der Waals surface area (Å²) in [6.45, 7) is 1.14. The number of ketones is 1. The van der Waals surface area contributed by atoms with E-state index < -0.39 is 5.91 Å². The van der Waals surface area contributed by atoms with Gasteiger partial charge >= 0.3 is 0 Å². The number of Topliss-reactive ketones (excluding diaryl/α,β-unsaturated/α-hetero) is 1. The molecule has 6 rings (SSSR count). The minimum absolute atomic E-state index is 0.0944. The number of H-pyrrole nitrogens is 1. The highest BCUT2D eigenvalue weighted by Gasteiger charge is 2.39. The molecule has 1 saturated heterocycles. The summed E-state index contributed by atoms with van der Waals surface area (Å²) in [6.07, 6.45) is 1.01. The number of aromatic amines is 1. The lowest BCUT2D eigenvalue weighted by atomic mass is 10.1. The number of anilines is 1. The largest absolute Gasteiger partial charge is 0.494 e. The zero-order valence-corrected chi connectivity index (χ0v) is 21.3. The molecule has 0 amide bonds. The molecule has 0 radical (unpaired) electrons. The third kappa shape index (κ3) is 5.20. The van der Waals surface area contributed by atoms with Gasteiger partial charge in [-0.1, -0.05) is 36.4 Å². The van der Waals surface area contributed by atoms with Gasteiger partial charge in [-0.25, -0.2) is 5.10 Å². The van der Waals surface area contributed by atoms with E-state index in [1.165, 1.54) is 6.07 Å². The first-order valence-electron chi connectivity index (χ1n) is 12.8. The molecule has 3 heterocycles. The van der Waals surface area contributed by atoms with Gasteiger partial charge in [0.2, 0.25) is 5.82 Å². The highest BCUT2D eigenvalue weighted by Crippen LogP contribution is 2.36. The van der Waals surface area contributed by atoms with Crippen molar-refractivity contribution in [1.82, 2.24) is 20.6 Å². The SMILES string of the molecule is O=C(CCCOc1ccc(C2(Nc3cccc4c(=O)cc(-c5nnn[nH]5)oc34)OCCO2)cc1)c1ccccc1. The summed E-state index contributed by atoms with van der Waals surface area (Å²) in [4.78, 5) is 25.1. The molecule has 40 heavy (non-hydrogen) atoms. The number of para-hydroxylation sites is 1. The molecule has 0 saturated carbocycles. The van der Waals surface area contributed by atoms with Gasteiger partial charge in [0.25, 0.3) is 5.91 Å². The molecule has 1 fully saturated rings. The van der Waals surface area contributed by atoms with Gasteiger partial charge in [0.1, 0.15) is 5.75 Å². The van der Waals surface area contributed by atoms with E-state index >= 15 is 0 Å². The highest BCUT2D eigenvalue weighted by atomic mass is 16.8. The Labute approximate surface area is 228 Å². The average Bonchev–Trinajstić information content (AvgIpc) is 3.70. The molecule has 11 nitrogen and oxygen atoms in total. The summed E-state index contributed by atoms with van der Waals surface area (Å²) in [6, 6.07) is 23.1. The van der Waals surface area contributed by atoms with Gasteiger partial charge in [-0.05, 0) is 53.2 Å². The maximum Gasteiger partial charge on any atom is 0.278 e. The van der Waals surface area contributed by atoms with Crippen LogP contribution >= 0.6 is 0 Å². The number of fused-ring (bicyclic) bond motifs is 1. The van der Waals surface area contributed by atoms with Crippen molar-refractivity contribution in [3.05, 3.63) is 100 Å². The van der Waals surface area contributed by atoms with E-state index in [0.717, 1.165) is 0 Å². The van der Waals surface area contributed by atoms with Crippen LogP contribution in [0.25, 0.3) is 22.6 Å². The Balaban J connectivity index is 1.18. The predicted octanol–water partition coefficient (Wildman–Crippen LogP) is 4.28. The predicted molar refractivity (Wildman–Crippen MR) is 145 cm³/mol. The minimum atomic E-state index is -1.31. The van der Waals surface area contributed by atoms with Crippen molar-refractivity contribution in [3.8, 4) is 17.3 Å². The number of carbonyl (C=O) groups excluding carboxylic acids is 1. The molecule has 2 N–H and O–H groups in total. The second kappa shape index (κ2) is 11.1. The molecule has 202 valence electrons. The summed E-state index contributed by atoms with van der Waals surface area (Å²) in [5, 5.41) is 17.2. The molecule has 2 aromatic heterocycles. The van der Waals surface area contributed by atoms with Gasteiger partial charge < -0.3 is 23.9 Å². The summed E-state index contributed by atoms with van der Waals surface area (Å²) >= 11 is 0. The molecule has 1 aliphatic heterocycles. The topological polar surface area (TPSA) is 141 Å². The Morgan fingerprint density at radius 2 is 1.80 bits per heavy atom. The van der Waals surface area contributed by atoms with Gasteiger partial charge in [-0.3, -0.25) is 9.59 Å². The van der Waals surface area contributed by atoms with Crippen LogP contribution in [0.1, 0.15) is 28.8 Å². The summed E-state index contributed by atoms with van der Waals surface area (Å²) in [7, 11) is 0. The molecular weight excluding hydrogens is 514 g/mol. The Kier molecular flexibility index (Phi) is 7.04. The van der Waals surface area contributed by atoms with Crippen LogP contribution < -0.4 is 15.5 Å². The average molecular weight is 540 g/mol. The van der Waals surface area contributed by atoms with Crippen molar-refractivity contribution < 1.29 is 23.4 Å². The lowest BCUT2D eigenvalue weighted by Crippen LogP contribution is -2.36. The van der Waals surface area contributed by atoms with Crippen LogP contribution in [0, 0.1) is 0 Å². The number of benzene rings is 3. The van der Waals surface area contributed by atoms with Crippen molar-refractivity contribution in [3.63, 3.8) is 0 Å². The maximum absolute atomic E-state index is 12.8. The monoisotopic (exact) mass is 539 g/mol. The summed E-state index contributed by atoms with van der Waals surface area (Å²) in [5.74, 6) is -0.123. The second-order valence-corrected chi connectivity index (χ2v) is 9.11. The molecule has 5 aromatic rings. The fraction of sp³-hybridized carbons (Fsp3) is 0.207. The first-order valence-corrected chi connectivity index (χ1v) is 12.8. The molecule has 0 bridgehead atoms. The Bertz CT molecular complexity index is 1660. The number of carbonyl (C=O) groups is 1. The lowest BCUT2D eigenvalue weighted by Gasteiger charge is -2.30. The van der Waals surface area contributed by atoms with Crippen molar-refractivity contribution in [1.29, 1.82) is 0 Å². The summed E-state index contributed by atoms with van der Waals surface area (Å²) in [5.41, 5.74) is 1.97. The molecule has 0 atom stereocenters. The molecule has 0 spiro atoms. The first-order chi connectivity index (χ1) is 19.6. The lowest BCUT2D eigenvalue weighted by molar-refractivity contribution is -0.140. The van der Waals surface area contributed by atoms with E-state index in [1.54, 1.807) is 18.2 Å². The van der Waals surface area contributed by atoms with Crippen LogP contribution in [-0.4, -0.2) is 46.2 Å². The standard InChI is InChI=1S/C29H25N5O6/c35-24(19-6-2-1-3-7-19)10-5-15-37-21-13-11-20(12-14-21)29(38-16-17-39-29)30-23-9-4-8-22-25(36)18-26(40-27(22)23)28-31-33-34-32-28/h1-4,6-9,11-14,18,30H,5,10,15-17H2,(H,31,32,33,34). The van der Waals surface area contributed by atoms with Crippen molar-refractivity contribution in [2.24, 2.45) is 0 Å². The fourth-order valence-corrected chi connectivity index (χ4v) is 4.52.